The van der Waals surface area contributed by atoms with E-state index >= 15 is 0 Å². The molecule has 2 N–H and O–H groups in total. The SMILES string of the molecule is C#CCSc1nc(N)c2c3c(sc2n1)COC(C)(C)C3. The van der Waals surface area contributed by atoms with Gasteiger partial charge in [0.2, 0.25) is 0 Å². The van der Waals surface area contributed by atoms with Crippen LogP contribution in [0.1, 0.15) is 24.3 Å². The van der Waals surface area contributed by atoms with Gasteiger partial charge in [-0.1, -0.05) is 17.7 Å². The lowest BCUT2D eigenvalue weighted by molar-refractivity contribution is -0.0379. The number of nitrogen functional groups attached to an aromatic ring is 1. The quantitative estimate of drug-likeness (QED) is 0.525. The lowest BCUT2D eigenvalue weighted by Gasteiger charge is -2.30. The Bertz CT molecular complexity index is 715. The fraction of sp³-hybridized carbons (Fsp3) is 0.429. The second-order valence-electron chi connectivity index (χ2n) is 5.29. The van der Waals surface area contributed by atoms with E-state index < -0.39 is 0 Å². The summed E-state index contributed by atoms with van der Waals surface area (Å²) in [7, 11) is 0. The molecule has 104 valence electrons. The topological polar surface area (TPSA) is 61.0 Å². The Hall–Kier alpha value is -1.29. The Kier molecular flexibility index (Phi) is 3.36. The first-order valence-electron chi connectivity index (χ1n) is 6.28. The molecule has 1 aliphatic heterocycles. The lowest BCUT2D eigenvalue weighted by atomic mass is 9.94. The molecule has 2 aromatic heterocycles. The van der Waals surface area contributed by atoms with Gasteiger partial charge >= 0.3 is 0 Å². The van der Waals surface area contributed by atoms with Crippen molar-refractivity contribution in [2.75, 3.05) is 11.5 Å². The van der Waals surface area contributed by atoms with Crippen molar-refractivity contribution in [3.05, 3.63) is 10.4 Å². The maximum Gasteiger partial charge on any atom is 0.191 e. The van der Waals surface area contributed by atoms with Crippen LogP contribution in [0.3, 0.4) is 0 Å². The van der Waals surface area contributed by atoms with Gasteiger partial charge in [0.1, 0.15) is 10.6 Å². The Morgan fingerprint density at radius 2 is 2.30 bits per heavy atom. The number of terminal acetylenes is 1. The summed E-state index contributed by atoms with van der Waals surface area (Å²) < 4.78 is 5.85. The number of nitrogens with zero attached hydrogens (tertiary/aromatic N) is 2. The van der Waals surface area contributed by atoms with Crippen LogP contribution < -0.4 is 5.73 Å². The van der Waals surface area contributed by atoms with Crippen LogP contribution in [0.25, 0.3) is 10.2 Å². The van der Waals surface area contributed by atoms with Crippen molar-refractivity contribution < 1.29 is 4.74 Å². The van der Waals surface area contributed by atoms with Crippen LogP contribution in [-0.4, -0.2) is 21.3 Å². The molecule has 2 aromatic rings. The minimum absolute atomic E-state index is 0.162. The zero-order chi connectivity index (χ0) is 14.3. The number of fused-ring (bicyclic) bond motifs is 3. The molecule has 0 fully saturated rings. The number of thiophene rings is 1. The second kappa shape index (κ2) is 4.92. The second-order valence-corrected chi connectivity index (χ2v) is 7.32. The van der Waals surface area contributed by atoms with E-state index in [1.165, 1.54) is 22.2 Å². The number of rotatable bonds is 2. The summed E-state index contributed by atoms with van der Waals surface area (Å²) in [5.41, 5.74) is 7.22. The minimum atomic E-state index is -0.162. The van der Waals surface area contributed by atoms with Crippen LogP contribution in [0.4, 0.5) is 5.82 Å². The Balaban J connectivity index is 2.10. The normalized spacial score (nSPS) is 16.9. The van der Waals surface area contributed by atoms with Gasteiger partial charge in [-0.2, -0.15) is 0 Å². The monoisotopic (exact) mass is 305 g/mol. The van der Waals surface area contributed by atoms with Crippen LogP contribution >= 0.6 is 23.1 Å². The van der Waals surface area contributed by atoms with E-state index in [4.69, 9.17) is 16.9 Å². The smallest absolute Gasteiger partial charge is 0.191 e. The van der Waals surface area contributed by atoms with Crippen molar-refractivity contribution in [2.24, 2.45) is 0 Å². The van der Waals surface area contributed by atoms with Crippen molar-refractivity contribution in [1.82, 2.24) is 9.97 Å². The highest BCUT2D eigenvalue weighted by atomic mass is 32.2. The first kappa shape index (κ1) is 13.7. The zero-order valence-corrected chi connectivity index (χ0v) is 13.0. The van der Waals surface area contributed by atoms with Gasteiger partial charge in [-0.15, -0.1) is 17.8 Å². The number of aromatic nitrogens is 2. The van der Waals surface area contributed by atoms with Gasteiger partial charge in [0, 0.05) is 11.3 Å². The molecule has 0 spiro atoms. The highest BCUT2D eigenvalue weighted by Crippen LogP contribution is 2.40. The van der Waals surface area contributed by atoms with E-state index in [0.717, 1.165) is 16.6 Å². The predicted octanol–water partition coefficient (Wildman–Crippen LogP) is 2.85. The molecule has 0 unspecified atom stereocenters. The van der Waals surface area contributed by atoms with Crippen molar-refractivity contribution in [2.45, 2.75) is 37.6 Å². The zero-order valence-electron chi connectivity index (χ0n) is 11.4. The number of hydrogen-bond acceptors (Lipinski definition) is 6. The molecule has 0 bridgehead atoms. The highest BCUT2D eigenvalue weighted by Gasteiger charge is 2.30. The maximum absolute atomic E-state index is 6.14. The molecule has 4 nitrogen and oxygen atoms in total. The van der Waals surface area contributed by atoms with E-state index in [0.29, 0.717) is 23.3 Å². The van der Waals surface area contributed by atoms with Crippen molar-refractivity contribution in [1.29, 1.82) is 0 Å². The molecule has 0 saturated heterocycles. The van der Waals surface area contributed by atoms with Gasteiger partial charge in [0.15, 0.2) is 5.16 Å². The Morgan fingerprint density at radius 3 is 3.05 bits per heavy atom. The predicted molar refractivity (Wildman–Crippen MR) is 84.0 cm³/mol. The van der Waals surface area contributed by atoms with E-state index in [1.807, 2.05) is 0 Å². The van der Waals surface area contributed by atoms with E-state index in [2.05, 4.69) is 29.7 Å². The van der Waals surface area contributed by atoms with Crippen molar-refractivity contribution in [3.8, 4) is 12.3 Å². The number of nitrogens with two attached hydrogens (primary N) is 1. The highest BCUT2D eigenvalue weighted by molar-refractivity contribution is 7.99. The van der Waals surface area contributed by atoms with Gasteiger partial charge in [0.25, 0.3) is 0 Å². The van der Waals surface area contributed by atoms with Crippen molar-refractivity contribution >= 4 is 39.1 Å². The summed E-state index contributed by atoms with van der Waals surface area (Å²) in [6.07, 6.45) is 6.10. The fourth-order valence-electron chi connectivity index (χ4n) is 2.32. The summed E-state index contributed by atoms with van der Waals surface area (Å²) >= 11 is 3.07. The molecule has 1 aliphatic rings. The number of thioether (sulfide) groups is 1. The van der Waals surface area contributed by atoms with Gasteiger partial charge < -0.3 is 10.5 Å². The summed E-state index contributed by atoms with van der Waals surface area (Å²) in [5.74, 6) is 3.66. The van der Waals surface area contributed by atoms with Crippen LogP contribution in [-0.2, 0) is 17.8 Å². The van der Waals surface area contributed by atoms with Crippen LogP contribution in [0.15, 0.2) is 5.16 Å². The van der Waals surface area contributed by atoms with Gasteiger partial charge in [0.05, 0.1) is 23.3 Å². The molecule has 0 aromatic carbocycles. The summed E-state index contributed by atoms with van der Waals surface area (Å²) in [4.78, 5) is 11.1. The summed E-state index contributed by atoms with van der Waals surface area (Å²) in [6, 6.07) is 0. The van der Waals surface area contributed by atoms with E-state index in [9.17, 15) is 0 Å². The Morgan fingerprint density at radius 1 is 1.50 bits per heavy atom. The van der Waals surface area contributed by atoms with Crippen molar-refractivity contribution in [3.63, 3.8) is 0 Å². The van der Waals surface area contributed by atoms with Gasteiger partial charge in [-0.05, 0) is 19.4 Å². The third kappa shape index (κ3) is 2.37. The maximum atomic E-state index is 6.14. The standard InChI is InChI=1S/C14H15N3OS2/c1-4-5-19-13-16-11(15)10-8-6-14(2,3)18-7-9(8)20-12(10)17-13/h1H,5-7H2,2-3H3,(H2,15,16,17). The van der Waals surface area contributed by atoms with Crippen LogP contribution in [0, 0.1) is 12.3 Å². The molecule has 0 saturated carbocycles. The first-order chi connectivity index (χ1) is 9.50. The van der Waals surface area contributed by atoms with E-state index in [-0.39, 0.29) is 5.60 Å². The minimum Gasteiger partial charge on any atom is -0.383 e. The molecule has 0 atom stereocenters. The molecular weight excluding hydrogens is 290 g/mol. The average Bonchev–Trinajstić information content (AvgIpc) is 2.73. The third-order valence-electron chi connectivity index (χ3n) is 3.22. The molecule has 3 heterocycles. The van der Waals surface area contributed by atoms with Gasteiger partial charge in [-0.25, -0.2) is 9.97 Å². The number of anilines is 1. The number of ether oxygens (including phenoxy) is 1. The average molecular weight is 305 g/mol. The largest absolute Gasteiger partial charge is 0.383 e. The number of hydrogen-bond donors (Lipinski definition) is 1. The molecule has 0 aliphatic carbocycles. The molecule has 20 heavy (non-hydrogen) atoms. The van der Waals surface area contributed by atoms with Crippen LogP contribution in [0.5, 0.6) is 0 Å². The molecule has 0 amide bonds. The van der Waals surface area contributed by atoms with E-state index in [1.54, 1.807) is 11.3 Å². The molecule has 3 rings (SSSR count). The van der Waals surface area contributed by atoms with Crippen LogP contribution in [0.2, 0.25) is 0 Å². The fourth-order valence-corrected chi connectivity index (χ4v) is 4.02. The third-order valence-corrected chi connectivity index (χ3v) is 5.07. The molecule has 0 radical (unpaired) electrons. The molecular formula is C14H15N3OS2. The van der Waals surface area contributed by atoms with Gasteiger partial charge in [-0.3, -0.25) is 0 Å². The molecule has 6 heteroatoms. The lowest BCUT2D eigenvalue weighted by Crippen LogP contribution is -2.31. The summed E-state index contributed by atoms with van der Waals surface area (Å²) in [6.45, 7) is 4.80. The first-order valence-corrected chi connectivity index (χ1v) is 8.08. The summed E-state index contributed by atoms with van der Waals surface area (Å²) in [5, 5.41) is 1.64. The Labute approximate surface area is 126 Å².